The summed E-state index contributed by atoms with van der Waals surface area (Å²) in [4.78, 5) is 38.5. The molecule has 0 aliphatic rings. The Balaban J connectivity index is 1.69. The molecule has 1 atom stereocenters. The van der Waals surface area contributed by atoms with Crippen LogP contribution in [0.5, 0.6) is 0 Å². The minimum atomic E-state index is -0.433. The Labute approximate surface area is 189 Å². The van der Waals surface area contributed by atoms with Crippen molar-refractivity contribution in [2.75, 3.05) is 5.32 Å². The first-order valence-electron chi connectivity index (χ1n) is 9.80. The monoisotopic (exact) mass is 456 g/mol. The fourth-order valence-electron chi connectivity index (χ4n) is 2.71. The number of nitrogens with zero attached hydrogens (tertiary/aromatic N) is 3. The van der Waals surface area contributed by atoms with Crippen molar-refractivity contribution in [3.8, 4) is 11.3 Å². The molecule has 0 aliphatic heterocycles. The van der Waals surface area contributed by atoms with Crippen LogP contribution < -0.4 is 5.32 Å². The molecular weight excluding hydrogens is 432 g/mol. The van der Waals surface area contributed by atoms with E-state index in [2.05, 4.69) is 20.3 Å². The van der Waals surface area contributed by atoms with Gasteiger partial charge in [-0.15, -0.1) is 0 Å². The normalized spacial score (nSPS) is 11.9. The lowest BCUT2D eigenvalue weighted by Gasteiger charge is -2.11. The summed E-state index contributed by atoms with van der Waals surface area (Å²) < 4.78 is 5.22. The zero-order valence-electron chi connectivity index (χ0n) is 18.0. The Morgan fingerprint density at radius 3 is 2.45 bits per heavy atom. The minimum absolute atomic E-state index is 0.222. The smallest absolute Gasteiger partial charge is 0.350 e. The highest BCUT2D eigenvalue weighted by atomic mass is 32.2. The maximum absolute atomic E-state index is 12.7. The van der Waals surface area contributed by atoms with Crippen LogP contribution in [0.3, 0.4) is 0 Å². The first kappa shape index (κ1) is 22.9. The summed E-state index contributed by atoms with van der Waals surface area (Å²) in [6.07, 6.45) is -0.222. The van der Waals surface area contributed by atoms with Crippen LogP contribution in [0.15, 0.2) is 41.4 Å². The van der Waals surface area contributed by atoms with Crippen LogP contribution >= 0.6 is 23.1 Å². The molecular formula is C22H24N4O3S2. The van der Waals surface area contributed by atoms with Gasteiger partial charge in [0.05, 0.1) is 22.7 Å². The van der Waals surface area contributed by atoms with E-state index in [-0.39, 0.29) is 12.0 Å². The molecule has 0 fully saturated rings. The maximum Gasteiger partial charge on any atom is 0.350 e. The summed E-state index contributed by atoms with van der Waals surface area (Å²) in [6, 6.07) is 11.7. The number of amides is 1. The van der Waals surface area contributed by atoms with E-state index in [1.807, 2.05) is 43.3 Å². The molecule has 0 bridgehead atoms. The van der Waals surface area contributed by atoms with Gasteiger partial charge >= 0.3 is 5.97 Å². The zero-order chi connectivity index (χ0) is 22.5. The molecule has 0 saturated heterocycles. The maximum atomic E-state index is 12.7. The van der Waals surface area contributed by atoms with Gasteiger partial charge in [0.25, 0.3) is 0 Å². The lowest BCUT2D eigenvalue weighted by Crippen LogP contribution is -2.22. The number of anilines is 1. The Hall–Kier alpha value is -2.78. The second kappa shape index (κ2) is 10.0. The van der Waals surface area contributed by atoms with E-state index in [1.165, 1.54) is 11.8 Å². The van der Waals surface area contributed by atoms with E-state index >= 15 is 0 Å². The second-order valence-electron chi connectivity index (χ2n) is 7.14. The van der Waals surface area contributed by atoms with E-state index in [0.717, 1.165) is 22.6 Å². The quantitative estimate of drug-likeness (QED) is 0.307. The number of rotatable bonds is 7. The van der Waals surface area contributed by atoms with Gasteiger partial charge in [-0.3, -0.25) is 4.79 Å². The van der Waals surface area contributed by atoms with Gasteiger partial charge in [0.15, 0.2) is 5.13 Å². The van der Waals surface area contributed by atoms with Crippen molar-refractivity contribution in [1.29, 1.82) is 0 Å². The largest absolute Gasteiger partial charge is 0.459 e. The number of thiazole rings is 1. The van der Waals surface area contributed by atoms with Crippen LogP contribution in [0.4, 0.5) is 5.13 Å². The molecule has 1 aromatic carbocycles. The second-order valence-corrected chi connectivity index (χ2v) is 9.50. The summed E-state index contributed by atoms with van der Waals surface area (Å²) in [7, 11) is 0. The SMILES string of the molecule is Cc1nc(SC(C)C(=O)Nc2nc(C)c(C(=O)OC(C)C)s2)cc(-c2ccccc2)n1. The minimum Gasteiger partial charge on any atom is -0.459 e. The van der Waals surface area contributed by atoms with Gasteiger partial charge in [0.2, 0.25) is 5.91 Å². The van der Waals surface area contributed by atoms with Gasteiger partial charge < -0.3 is 10.1 Å². The van der Waals surface area contributed by atoms with Gasteiger partial charge in [-0.05, 0) is 40.7 Å². The van der Waals surface area contributed by atoms with Gasteiger partial charge in [-0.1, -0.05) is 53.4 Å². The van der Waals surface area contributed by atoms with Gasteiger partial charge in [0, 0.05) is 5.56 Å². The third-order valence-electron chi connectivity index (χ3n) is 4.11. The Kier molecular flexibility index (Phi) is 7.40. The third kappa shape index (κ3) is 6.11. The van der Waals surface area contributed by atoms with E-state index in [1.54, 1.807) is 27.7 Å². The number of hydrogen-bond acceptors (Lipinski definition) is 8. The first-order valence-corrected chi connectivity index (χ1v) is 11.5. The number of thioether (sulfide) groups is 1. The van der Waals surface area contributed by atoms with Crippen molar-refractivity contribution < 1.29 is 14.3 Å². The van der Waals surface area contributed by atoms with Crippen LogP contribution in [0.25, 0.3) is 11.3 Å². The number of hydrogen-bond donors (Lipinski definition) is 1. The summed E-state index contributed by atoms with van der Waals surface area (Å²) in [5.74, 6) is -0.0156. The molecule has 1 amide bonds. The first-order chi connectivity index (χ1) is 14.7. The molecule has 2 aromatic heterocycles. The van der Waals surface area contributed by atoms with Crippen molar-refractivity contribution in [1.82, 2.24) is 15.0 Å². The molecule has 1 unspecified atom stereocenters. The van der Waals surface area contributed by atoms with Crippen LogP contribution in [-0.4, -0.2) is 38.2 Å². The van der Waals surface area contributed by atoms with E-state index in [9.17, 15) is 9.59 Å². The molecule has 0 spiro atoms. The average molecular weight is 457 g/mol. The molecule has 9 heteroatoms. The van der Waals surface area contributed by atoms with Gasteiger partial charge in [0.1, 0.15) is 15.7 Å². The number of carbonyl (C=O) groups excluding carboxylic acids is 2. The number of nitrogens with one attached hydrogen (secondary N) is 1. The lowest BCUT2D eigenvalue weighted by molar-refractivity contribution is -0.115. The molecule has 3 rings (SSSR count). The zero-order valence-corrected chi connectivity index (χ0v) is 19.6. The van der Waals surface area contributed by atoms with E-state index in [0.29, 0.717) is 26.6 Å². The molecule has 0 aliphatic carbocycles. The van der Waals surface area contributed by atoms with Crippen LogP contribution in [-0.2, 0) is 9.53 Å². The van der Waals surface area contributed by atoms with Gasteiger partial charge in [-0.2, -0.15) is 0 Å². The number of benzene rings is 1. The van der Waals surface area contributed by atoms with E-state index < -0.39 is 11.2 Å². The fourth-order valence-corrected chi connectivity index (χ4v) is 4.45. The molecule has 31 heavy (non-hydrogen) atoms. The molecule has 7 nitrogen and oxygen atoms in total. The molecule has 1 N–H and O–H groups in total. The number of ether oxygens (including phenoxy) is 1. The predicted octanol–water partition coefficient (Wildman–Crippen LogP) is 4.90. The van der Waals surface area contributed by atoms with Crippen LogP contribution in [0.1, 0.15) is 42.0 Å². The molecule has 2 heterocycles. The van der Waals surface area contributed by atoms with Crippen molar-refractivity contribution in [3.63, 3.8) is 0 Å². The molecule has 0 radical (unpaired) electrons. The number of aromatic nitrogens is 3. The summed E-state index contributed by atoms with van der Waals surface area (Å²) in [6.45, 7) is 8.92. The third-order valence-corrected chi connectivity index (χ3v) is 6.18. The van der Waals surface area contributed by atoms with Crippen LogP contribution in [0.2, 0.25) is 0 Å². The summed E-state index contributed by atoms with van der Waals surface area (Å²) in [5.41, 5.74) is 2.34. The standard InChI is InChI=1S/C22H24N4O3S2/c1-12(2)29-21(28)19-13(3)23-22(31-19)26-20(27)14(4)30-18-11-17(24-15(5)25-18)16-9-7-6-8-10-16/h6-12,14H,1-5H3,(H,23,26,27). The average Bonchev–Trinajstić information content (AvgIpc) is 3.07. The Morgan fingerprint density at radius 2 is 1.77 bits per heavy atom. The fraction of sp³-hybridized carbons (Fsp3) is 0.318. The Bertz CT molecular complexity index is 1080. The number of aryl methyl sites for hydroxylation is 2. The molecule has 162 valence electrons. The topological polar surface area (TPSA) is 94.1 Å². The van der Waals surface area contributed by atoms with Crippen molar-refractivity contribution in [3.05, 3.63) is 52.8 Å². The van der Waals surface area contributed by atoms with E-state index in [4.69, 9.17) is 4.74 Å². The highest BCUT2D eigenvalue weighted by Gasteiger charge is 2.21. The lowest BCUT2D eigenvalue weighted by atomic mass is 10.1. The van der Waals surface area contributed by atoms with Crippen molar-refractivity contribution >= 4 is 40.1 Å². The molecule has 3 aromatic rings. The predicted molar refractivity (Wildman–Crippen MR) is 124 cm³/mol. The van der Waals surface area contributed by atoms with Gasteiger partial charge in [-0.25, -0.2) is 19.7 Å². The molecule has 0 saturated carbocycles. The van der Waals surface area contributed by atoms with Crippen molar-refractivity contribution in [2.45, 2.75) is 51.0 Å². The summed E-state index contributed by atoms with van der Waals surface area (Å²) in [5, 5.41) is 3.45. The highest BCUT2D eigenvalue weighted by Crippen LogP contribution is 2.28. The summed E-state index contributed by atoms with van der Waals surface area (Å²) >= 11 is 2.45. The highest BCUT2D eigenvalue weighted by molar-refractivity contribution is 8.00. The van der Waals surface area contributed by atoms with Crippen LogP contribution in [0, 0.1) is 13.8 Å². The van der Waals surface area contributed by atoms with Crippen molar-refractivity contribution in [2.24, 2.45) is 0 Å². The Morgan fingerprint density at radius 1 is 1.06 bits per heavy atom. The number of esters is 1. The number of carbonyl (C=O) groups is 2.